The fourth-order valence-electron chi connectivity index (χ4n) is 3.91. The number of H-pyrrole nitrogens is 1. The summed E-state index contributed by atoms with van der Waals surface area (Å²) in [4.78, 5) is 38.8. The van der Waals surface area contributed by atoms with Gasteiger partial charge in [0.05, 0.1) is 12.0 Å². The number of hydrogen-bond donors (Lipinski definition) is 3. The number of rotatable bonds is 9. The van der Waals surface area contributed by atoms with Gasteiger partial charge in [-0.15, -0.1) is 0 Å². The van der Waals surface area contributed by atoms with E-state index in [1.807, 2.05) is 6.92 Å². The molecule has 176 valence electrons. The topological polar surface area (TPSA) is 145 Å². The Morgan fingerprint density at radius 2 is 1.97 bits per heavy atom. The Bertz CT molecular complexity index is 1420. The molecule has 0 spiro atoms. The molecule has 0 radical (unpaired) electrons. The number of amides is 1. The highest BCUT2D eigenvalue weighted by atomic mass is 16.5. The summed E-state index contributed by atoms with van der Waals surface area (Å²) in [6, 6.07) is 9.81. The van der Waals surface area contributed by atoms with E-state index >= 15 is 0 Å². The number of carbonyl (C=O) groups excluding carboxylic acids is 2. The summed E-state index contributed by atoms with van der Waals surface area (Å²) in [5, 5.41) is 25.2. The maximum absolute atomic E-state index is 12.4. The molecule has 9 nitrogen and oxygen atoms in total. The number of aromatic amines is 1. The van der Waals surface area contributed by atoms with Crippen molar-refractivity contribution in [3.63, 3.8) is 0 Å². The van der Waals surface area contributed by atoms with Crippen molar-refractivity contribution in [2.75, 3.05) is 6.61 Å². The molecule has 0 aliphatic rings. The molecule has 0 saturated heterocycles. The number of aryl methyl sites for hydroxylation is 1. The Labute approximate surface area is 194 Å². The third-order valence-electron chi connectivity index (χ3n) is 5.49. The lowest BCUT2D eigenvalue weighted by molar-refractivity contribution is -0.308. The molecular formula is C25H23N2O7-. The number of aliphatic carboxylic acids is 1. The van der Waals surface area contributed by atoms with E-state index in [9.17, 15) is 24.6 Å². The number of carboxylic acid groups (broad SMARTS) is 1. The number of nitrogens with one attached hydrogen (secondary N) is 2. The van der Waals surface area contributed by atoms with E-state index in [2.05, 4.69) is 10.3 Å². The van der Waals surface area contributed by atoms with Gasteiger partial charge < -0.3 is 34.5 Å². The predicted octanol–water partition coefficient (Wildman–Crippen LogP) is 1.79. The van der Waals surface area contributed by atoms with Crippen molar-refractivity contribution in [1.29, 1.82) is 0 Å². The number of hydrogen-bond acceptors (Lipinski definition) is 7. The number of benzene rings is 2. The first-order valence-electron chi connectivity index (χ1n) is 10.8. The molecule has 3 N–H and O–H groups in total. The van der Waals surface area contributed by atoms with Crippen LogP contribution in [0.5, 0.6) is 11.5 Å². The minimum atomic E-state index is -1.45. The normalized spacial score (nSPS) is 12.0. The van der Waals surface area contributed by atoms with Crippen molar-refractivity contribution in [3.05, 3.63) is 70.2 Å². The van der Waals surface area contributed by atoms with Gasteiger partial charge in [-0.3, -0.25) is 4.79 Å². The van der Waals surface area contributed by atoms with Crippen LogP contribution in [0.15, 0.2) is 57.9 Å². The fraction of sp³-hybridized carbons (Fsp3) is 0.240. The third kappa shape index (κ3) is 5.03. The monoisotopic (exact) mass is 463 g/mol. The zero-order valence-corrected chi connectivity index (χ0v) is 18.4. The van der Waals surface area contributed by atoms with Crippen molar-refractivity contribution in [2.45, 2.75) is 32.2 Å². The second-order valence-electron chi connectivity index (χ2n) is 7.97. The molecule has 4 rings (SSSR count). The van der Waals surface area contributed by atoms with Crippen molar-refractivity contribution in [3.8, 4) is 11.5 Å². The zero-order valence-electron chi connectivity index (χ0n) is 18.4. The molecule has 2 aromatic heterocycles. The van der Waals surface area contributed by atoms with Crippen molar-refractivity contribution >= 4 is 33.7 Å². The Balaban J connectivity index is 1.43. The van der Waals surface area contributed by atoms with Crippen LogP contribution < -0.4 is 20.8 Å². The van der Waals surface area contributed by atoms with Crippen LogP contribution in [0.1, 0.15) is 24.5 Å². The Kier molecular flexibility index (Phi) is 6.53. The number of phenolic OH excluding ortho intramolecular Hbond substituents is 1. The van der Waals surface area contributed by atoms with Crippen LogP contribution in [0.2, 0.25) is 0 Å². The molecule has 0 unspecified atom stereocenters. The van der Waals surface area contributed by atoms with E-state index in [0.29, 0.717) is 22.3 Å². The number of carbonyl (C=O) groups is 2. The molecule has 9 heteroatoms. The minimum Gasteiger partial charge on any atom is -0.548 e. The van der Waals surface area contributed by atoms with Gasteiger partial charge in [-0.2, -0.15) is 0 Å². The smallest absolute Gasteiger partial charge is 0.336 e. The van der Waals surface area contributed by atoms with Gasteiger partial charge in [0, 0.05) is 41.0 Å². The van der Waals surface area contributed by atoms with Gasteiger partial charge in [0.15, 0.2) is 6.61 Å². The molecule has 1 amide bonds. The molecule has 0 bridgehead atoms. The van der Waals surface area contributed by atoms with Crippen LogP contribution in [0, 0.1) is 0 Å². The summed E-state index contributed by atoms with van der Waals surface area (Å²) in [5.41, 5.74) is 2.09. The van der Waals surface area contributed by atoms with Crippen molar-refractivity contribution < 1.29 is 29.0 Å². The van der Waals surface area contributed by atoms with E-state index < -0.39 is 30.2 Å². The standard InChI is InChI=1S/C25H24N2O7/c1-2-3-14-9-24(30)34-22-11-17(5-6-18(14)22)33-13-23(29)27-21(25(31)32)8-15-12-26-20-7-4-16(28)10-19(15)20/h4-7,9-12,21,26,28H,2-3,8,13H2,1H3,(H,27,29)(H,31,32)/p-1/t21-/m1/s1. The van der Waals surface area contributed by atoms with E-state index in [4.69, 9.17) is 9.15 Å². The molecule has 0 aliphatic heterocycles. The van der Waals surface area contributed by atoms with E-state index in [1.165, 1.54) is 24.3 Å². The molecule has 0 aliphatic carbocycles. The zero-order chi connectivity index (χ0) is 24.2. The van der Waals surface area contributed by atoms with Gasteiger partial charge in [-0.05, 0) is 47.9 Å². The lowest BCUT2D eigenvalue weighted by Crippen LogP contribution is -2.50. The molecular weight excluding hydrogens is 440 g/mol. The Morgan fingerprint density at radius 1 is 1.15 bits per heavy atom. The summed E-state index contributed by atoms with van der Waals surface area (Å²) in [7, 11) is 0. The van der Waals surface area contributed by atoms with Crippen LogP contribution in [0.3, 0.4) is 0 Å². The second kappa shape index (κ2) is 9.70. The van der Waals surface area contributed by atoms with Crippen LogP contribution >= 0.6 is 0 Å². The summed E-state index contributed by atoms with van der Waals surface area (Å²) >= 11 is 0. The van der Waals surface area contributed by atoms with Gasteiger partial charge >= 0.3 is 5.63 Å². The van der Waals surface area contributed by atoms with Crippen molar-refractivity contribution in [1.82, 2.24) is 10.3 Å². The SMILES string of the molecule is CCCc1cc(=O)oc2cc(OCC(=O)N[C@H](Cc3c[nH]c4ccc(O)cc34)C(=O)[O-])ccc12. The largest absolute Gasteiger partial charge is 0.548 e. The molecule has 34 heavy (non-hydrogen) atoms. The fourth-order valence-corrected chi connectivity index (χ4v) is 3.91. The predicted molar refractivity (Wildman–Crippen MR) is 123 cm³/mol. The summed E-state index contributed by atoms with van der Waals surface area (Å²) < 4.78 is 10.7. The number of aromatic nitrogens is 1. The third-order valence-corrected chi connectivity index (χ3v) is 5.49. The maximum Gasteiger partial charge on any atom is 0.336 e. The van der Waals surface area contributed by atoms with E-state index in [-0.39, 0.29) is 12.2 Å². The molecule has 1 atom stereocenters. The Morgan fingerprint density at radius 3 is 2.74 bits per heavy atom. The number of aromatic hydroxyl groups is 1. The molecule has 2 aromatic carbocycles. The average Bonchev–Trinajstić information content (AvgIpc) is 3.18. The maximum atomic E-state index is 12.4. The number of carboxylic acids is 1. The lowest BCUT2D eigenvalue weighted by Gasteiger charge is -2.19. The highest BCUT2D eigenvalue weighted by molar-refractivity contribution is 5.87. The number of fused-ring (bicyclic) bond motifs is 2. The first kappa shape index (κ1) is 22.9. The van der Waals surface area contributed by atoms with E-state index in [0.717, 1.165) is 29.3 Å². The van der Waals surface area contributed by atoms with Gasteiger partial charge in [-0.25, -0.2) is 4.79 Å². The Hall–Kier alpha value is -4.27. The van der Waals surface area contributed by atoms with Gasteiger partial charge in [0.1, 0.15) is 17.1 Å². The van der Waals surface area contributed by atoms with Gasteiger partial charge in [-0.1, -0.05) is 13.3 Å². The van der Waals surface area contributed by atoms with Gasteiger partial charge in [0.25, 0.3) is 5.91 Å². The highest BCUT2D eigenvalue weighted by Crippen LogP contribution is 2.25. The molecule has 0 fully saturated rings. The van der Waals surface area contributed by atoms with Crippen LogP contribution in [0.4, 0.5) is 0 Å². The minimum absolute atomic E-state index is 0.0428. The van der Waals surface area contributed by atoms with Crippen molar-refractivity contribution in [2.24, 2.45) is 0 Å². The van der Waals surface area contributed by atoms with Crippen LogP contribution in [0.25, 0.3) is 21.9 Å². The number of phenols is 1. The molecule has 0 saturated carbocycles. The van der Waals surface area contributed by atoms with Gasteiger partial charge in [0.2, 0.25) is 0 Å². The second-order valence-corrected chi connectivity index (χ2v) is 7.97. The molecule has 4 aromatic rings. The van der Waals surface area contributed by atoms with E-state index in [1.54, 1.807) is 24.4 Å². The van der Waals surface area contributed by atoms with Crippen LogP contribution in [-0.2, 0) is 22.4 Å². The van der Waals surface area contributed by atoms with Crippen LogP contribution in [-0.4, -0.2) is 34.6 Å². The first-order valence-corrected chi connectivity index (χ1v) is 10.8. The quantitative estimate of drug-likeness (QED) is 0.321. The first-order chi connectivity index (χ1) is 16.3. The lowest BCUT2D eigenvalue weighted by atomic mass is 10.0. The summed E-state index contributed by atoms with van der Waals surface area (Å²) in [5.74, 6) is -1.75. The highest BCUT2D eigenvalue weighted by Gasteiger charge is 2.17. The average molecular weight is 463 g/mol. The molecule has 2 heterocycles. The number of ether oxygens (including phenoxy) is 1. The summed E-state index contributed by atoms with van der Waals surface area (Å²) in [6.07, 6.45) is 3.18. The summed E-state index contributed by atoms with van der Waals surface area (Å²) in [6.45, 7) is 1.57.